The summed E-state index contributed by atoms with van der Waals surface area (Å²) in [5.41, 5.74) is 2.75. The van der Waals surface area contributed by atoms with Crippen molar-refractivity contribution in [3.05, 3.63) is 60.4 Å². The van der Waals surface area contributed by atoms with E-state index in [4.69, 9.17) is 9.47 Å². The molecule has 34 heavy (non-hydrogen) atoms. The molecule has 174 valence electrons. The summed E-state index contributed by atoms with van der Waals surface area (Å²) in [5, 5.41) is 8.69. The van der Waals surface area contributed by atoms with Crippen LogP contribution < -0.4 is 14.4 Å². The molecule has 0 atom stereocenters. The number of aromatic nitrogens is 5. The van der Waals surface area contributed by atoms with Gasteiger partial charge in [0.15, 0.2) is 17.0 Å². The summed E-state index contributed by atoms with van der Waals surface area (Å²) in [6.07, 6.45) is 1.53. The summed E-state index contributed by atoms with van der Waals surface area (Å²) < 4.78 is 12.4. The number of methoxy groups -OCH3 is 1. The van der Waals surface area contributed by atoms with Gasteiger partial charge in [0.05, 0.1) is 19.4 Å². The molecule has 10 heteroatoms. The normalized spacial score (nSPS) is 13.8. The van der Waals surface area contributed by atoms with Crippen molar-refractivity contribution < 1.29 is 14.3 Å². The van der Waals surface area contributed by atoms with Crippen LogP contribution in [0.15, 0.2) is 54.9 Å². The molecule has 2 aromatic heterocycles. The van der Waals surface area contributed by atoms with E-state index in [9.17, 15) is 4.79 Å². The molecule has 1 aliphatic rings. The molecule has 5 rings (SSSR count). The topological polar surface area (TPSA) is 98.5 Å². The second kappa shape index (κ2) is 9.34. The number of benzene rings is 2. The summed E-state index contributed by atoms with van der Waals surface area (Å²) in [5.74, 6) is 2.26. The van der Waals surface area contributed by atoms with Crippen molar-refractivity contribution in [2.45, 2.75) is 6.92 Å². The number of ether oxygens (including phenoxy) is 2. The molecule has 0 N–H and O–H groups in total. The highest BCUT2D eigenvalue weighted by Crippen LogP contribution is 2.25. The molecule has 0 saturated carbocycles. The van der Waals surface area contributed by atoms with Crippen LogP contribution in [0.2, 0.25) is 0 Å². The van der Waals surface area contributed by atoms with Gasteiger partial charge < -0.3 is 19.3 Å². The van der Waals surface area contributed by atoms with E-state index in [1.165, 1.54) is 6.33 Å². The summed E-state index contributed by atoms with van der Waals surface area (Å²) in [6, 6.07) is 14.8. The van der Waals surface area contributed by atoms with Crippen LogP contribution in [-0.2, 0) is 0 Å². The second-order valence-corrected chi connectivity index (χ2v) is 7.81. The van der Waals surface area contributed by atoms with Gasteiger partial charge in [-0.3, -0.25) is 4.79 Å². The Morgan fingerprint density at radius 2 is 1.65 bits per heavy atom. The predicted octanol–water partition coefficient (Wildman–Crippen LogP) is 2.58. The van der Waals surface area contributed by atoms with Crippen molar-refractivity contribution in [3.63, 3.8) is 0 Å². The Kier molecular flexibility index (Phi) is 5.94. The van der Waals surface area contributed by atoms with Crippen molar-refractivity contribution in [2.75, 3.05) is 44.8 Å². The van der Waals surface area contributed by atoms with E-state index in [2.05, 4.69) is 25.2 Å². The molecule has 0 radical (unpaired) electrons. The fourth-order valence-electron chi connectivity index (χ4n) is 4.03. The van der Waals surface area contributed by atoms with Crippen molar-refractivity contribution >= 4 is 22.9 Å². The Morgan fingerprint density at radius 3 is 2.32 bits per heavy atom. The maximum Gasteiger partial charge on any atom is 0.253 e. The number of piperazine rings is 1. The highest BCUT2D eigenvalue weighted by molar-refractivity contribution is 5.94. The zero-order valence-corrected chi connectivity index (χ0v) is 19.1. The molecule has 0 unspecified atom stereocenters. The molecule has 1 saturated heterocycles. The Hall–Kier alpha value is -4.21. The second-order valence-electron chi connectivity index (χ2n) is 7.81. The van der Waals surface area contributed by atoms with Crippen LogP contribution in [0.3, 0.4) is 0 Å². The molecule has 1 aliphatic heterocycles. The minimum absolute atomic E-state index is 0.0107. The van der Waals surface area contributed by atoms with E-state index >= 15 is 0 Å². The first-order chi connectivity index (χ1) is 16.7. The van der Waals surface area contributed by atoms with Gasteiger partial charge in [-0.05, 0) is 55.5 Å². The first-order valence-electron chi connectivity index (χ1n) is 11.2. The minimum Gasteiger partial charge on any atom is -0.497 e. The Morgan fingerprint density at radius 1 is 0.941 bits per heavy atom. The molecular weight excluding hydrogens is 434 g/mol. The van der Waals surface area contributed by atoms with Gasteiger partial charge in [-0.25, -0.2) is 9.97 Å². The smallest absolute Gasteiger partial charge is 0.253 e. The molecule has 10 nitrogen and oxygen atoms in total. The summed E-state index contributed by atoms with van der Waals surface area (Å²) in [7, 11) is 1.61. The van der Waals surface area contributed by atoms with Gasteiger partial charge in [0, 0.05) is 31.7 Å². The van der Waals surface area contributed by atoms with Gasteiger partial charge in [-0.1, -0.05) is 5.21 Å². The lowest BCUT2D eigenvalue weighted by molar-refractivity contribution is 0.0746. The largest absolute Gasteiger partial charge is 0.497 e. The number of amides is 1. The maximum absolute atomic E-state index is 12.9. The third-order valence-corrected chi connectivity index (χ3v) is 5.81. The number of carbonyl (C=O) groups is 1. The average molecular weight is 460 g/mol. The molecule has 0 spiro atoms. The highest BCUT2D eigenvalue weighted by atomic mass is 16.5. The van der Waals surface area contributed by atoms with Crippen molar-refractivity contribution in [3.8, 4) is 17.2 Å². The fraction of sp³-hybridized carbons (Fsp3) is 0.292. The van der Waals surface area contributed by atoms with Crippen molar-refractivity contribution in [1.29, 1.82) is 0 Å². The van der Waals surface area contributed by atoms with E-state index in [-0.39, 0.29) is 5.91 Å². The first kappa shape index (κ1) is 21.6. The van der Waals surface area contributed by atoms with Crippen LogP contribution in [0.25, 0.3) is 16.9 Å². The number of anilines is 1. The lowest BCUT2D eigenvalue weighted by Crippen LogP contribution is -2.49. The molecule has 3 heterocycles. The summed E-state index contributed by atoms with van der Waals surface area (Å²) >= 11 is 0. The number of fused-ring (bicyclic) bond motifs is 1. The lowest BCUT2D eigenvalue weighted by atomic mass is 10.1. The fourth-order valence-corrected chi connectivity index (χ4v) is 4.03. The van der Waals surface area contributed by atoms with Crippen molar-refractivity contribution in [2.24, 2.45) is 0 Å². The average Bonchev–Trinajstić information content (AvgIpc) is 3.33. The first-order valence-corrected chi connectivity index (χ1v) is 11.2. The molecule has 1 fully saturated rings. The number of nitrogens with zero attached hydrogens (tertiary/aromatic N) is 7. The van der Waals surface area contributed by atoms with E-state index in [1.54, 1.807) is 36.1 Å². The van der Waals surface area contributed by atoms with Crippen molar-refractivity contribution in [1.82, 2.24) is 29.9 Å². The number of hydrogen-bond acceptors (Lipinski definition) is 8. The van der Waals surface area contributed by atoms with Gasteiger partial charge >= 0.3 is 0 Å². The van der Waals surface area contributed by atoms with Gasteiger partial charge in [-0.2, -0.15) is 4.68 Å². The van der Waals surface area contributed by atoms with E-state index in [0.29, 0.717) is 49.5 Å². The molecule has 0 aliphatic carbocycles. The molecule has 1 amide bonds. The quantitative estimate of drug-likeness (QED) is 0.434. The van der Waals surface area contributed by atoms with Gasteiger partial charge in [0.2, 0.25) is 0 Å². The Bertz CT molecular complexity index is 1280. The minimum atomic E-state index is 0.0107. The Balaban J connectivity index is 1.32. The van der Waals surface area contributed by atoms with Crippen LogP contribution in [0.4, 0.5) is 5.82 Å². The standard InChI is InChI=1S/C24H25N7O3/c1-3-34-20-10-6-18(7-11-20)31-23-21(27-28-31)22(25-16-26-23)29-12-14-30(15-13-29)24(32)17-4-8-19(33-2)9-5-17/h4-11,16H,3,12-15H2,1-2H3. The third-order valence-electron chi connectivity index (χ3n) is 5.81. The third kappa shape index (κ3) is 4.09. The lowest BCUT2D eigenvalue weighted by Gasteiger charge is -2.35. The highest BCUT2D eigenvalue weighted by Gasteiger charge is 2.25. The Labute approximate surface area is 196 Å². The van der Waals surface area contributed by atoms with Gasteiger partial charge in [-0.15, -0.1) is 5.10 Å². The molecule has 0 bridgehead atoms. The number of carbonyl (C=O) groups excluding carboxylic acids is 1. The van der Waals surface area contributed by atoms with Crippen LogP contribution in [0.1, 0.15) is 17.3 Å². The monoisotopic (exact) mass is 459 g/mol. The summed E-state index contributed by atoms with van der Waals surface area (Å²) in [4.78, 5) is 25.8. The summed E-state index contributed by atoms with van der Waals surface area (Å²) in [6.45, 7) is 5.02. The zero-order valence-electron chi connectivity index (χ0n) is 19.1. The molecule has 2 aromatic carbocycles. The van der Waals surface area contributed by atoms with Crippen LogP contribution in [0.5, 0.6) is 11.5 Å². The van der Waals surface area contributed by atoms with Gasteiger partial charge in [0.25, 0.3) is 5.91 Å². The van der Waals surface area contributed by atoms with E-state index in [0.717, 1.165) is 23.0 Å². The molecule has 4 aromatic rings. The van der Waals surface area contributed by atoms with Gasteiger partial charge in [0.1, 0.15) is 17.8 Å². The van der Waals surface area contributed by atoms with Crippen LogP contribution in [0, 0.1) is 0 Å². The van der Waals surface area contributed by atoms with E-state index < -0.39 is 0 Å². The van der Waals surface area contributed by atoms with Crippen LogP contribution in [-0.4, -0.2) is 75.7 Å². The van der Waals surface area contributed by atoms with E-state index in [1.807, 2.05) is 36.1 Å². The zero-order chi connectivity index (χ0) is 23.5. The number of hydrogen-bond donors (Lipinski definition) is 0. The maximum atomic E-state index is 12.9. The predicted molar refractivity (Wildman–Crippen MR) is 127 cm³/mol. The SMILES string of the molecule is CCOc1ccc(-n2nnc3c(N4CCN(C(=O)c5ccc(OC)cc5)CC4)ncnc32)cc1. The number of rotatable bonds is 6. The molecular formula is C24H25N7O3. The van der Waals surface area contributed by atoms with Crippen LogP contribution >= 0.6 is 0 Å².